The predicted molar refractivity (Wildman–Crippen MR) is 107 cm³/mol. The highest BCUT2D eigenvalue weighted by atomic mass is 32.2. The van der Waals surface area contributed by atoms with Crippen LogP contribution in [0.25, 0.3) is 0 Å². The fourth-order valence-electron chi connectivity index (χ4n) is 3.50. The van der Waals surface area contributed by atoms with Crippen LogP contribution < -0.4 is 9.46 Å². The van der Waals surface area contributed by atoms with Crippen LogP contribution in [-0.2, 0) is 26.6 Å². The Morgan fingerprint density at radius 2 is 1.71 bits per heavy atom. The van der Waals surface area contributed by atoms with Gasteiger partial charge in [-0.05, 0) is 54.7 Å². The quantitative estimate of drug-likeness (QED) is 0.731. The molecule has 0 atom stereocenters. The van der Waals surface area contributed by atoms with Crippen molar-refractivity contribution in [2.75, 3.05) is 32.6 Å². The minimum absolute atomic E-state index is 0.00925. The molecule has 2 aromatic carbocycles. The van der Waals surface area contributed by atoms with Crippen molar-refractivity contribution < 1.29 is 22.3 Å². The normalized spacial score (nSPS) is 16.6. The summed E-state index contributed by atoms with van der Waals surface area (Å²) in [4.78, 5) is 0. The van der Waals surface area contributed by atoms with E-state index in [-0.39, 0.29) is 23.5 Å². The van der Waals surface area contributed by atoms with E-state index in [4.69, 9.17) is 9.47 Å². The van der Waals surface area contributed by atoms with E-state index < -0.39 is 10.0 Å². The van der Waals surface area contributed by atoms with E-state index in [1.165, 1.54) is 12.1 Å². The van der Waals surface area contributed by atoms with Gasteiger partial charge in [0, 0.05) is 25.2 Å². The minimum atomic E-state index is -3.45. The maximum Gasteiger partial charge on any atom is 0.211 e. The number of sulfonamides is 1. The number of hydrogen-bond donors (Lipinski definition) is 1. The molecule has 1 N–H and O–H groups in total. The van der Waals surface area contributed by atoms with Crippen molar-refractivity contribution >= 4 is 10.0 Å². The lowest BCUT2D eigenvalue weighted by molar-refractivity contribution is 0.0517. The standard InChI is InChI=1S/C21H26FNO4S/c1-26-20-8-2-17(3-9-20)10-15-28(24,25)23-16-21(11-13-27-14-12-21)18-4-6-19(22)7-5-18/h2-9,23H,10-16H2,1H3. The number of halogens is 1. The topological polar surface area (TPSA) is 64.6 Å². The van der Waals surface area contributed by atoms with E-state index in [0.717, 1.165) is 16.9 Å². The van der Waals surface area contributed by atoms with Crippen LogP contribution in [0.2, 0.25) is 0 Å². The van der Waals surface area contributed by atoms with E-state index >= 15 is 0 Å². The fourth-order valence-corrected chi connectivity index (χ4v) is 4.64. The van der Waals surface area contributed by atoms with Gasteiger partial charge in [-0.1, -0.05) is 24.3 Å². The number of nitrogens with one attached hydrogen (secondary N) is 1. The zero-order chi connectivity index (χ0) is 20.0. The Morgan fingerprint density at radius 1 is 1.07 bits per heavy atom. The fraction of sp³-hybridized carbons (Fsp3) is 0.429. The molecule has 0 bridgehead atoms. The van der Waals surface area contributed by atoms with Crippen molar-refractivity contribution in [3.05, 3.63) is 65.5 Å². The monoisotopic (exact) mass is 407 g/mol. The summed E-state index contributed by atoms with van der Waals surface area (Å²) in [5.74, 6) is 0.450. The van der Waals surface area contributed by atoms with E-state index in [1.807, 2.05) is 24.3 Å². The molecule has 1 saturated heterocycles. The Bertz CT molecular complexity index is 860. The average molecular weight is 408 g/mol. The highest BCUT2D eigenvalue weighted by Crippen LogP contribution is 2.34. The van der Waals surface area contributed by atoms with Crippen LogP contribution in [0.4, 0.5) is 4.39 Å². The summed E-state index contributed by atoms with van der Waals surface area (Å²) in [6.07, 6.45) is 1.81. The summed E-state index contributed by atoms with van der Waals surface area (Å²) in [5.41, 5.74) is 1.50. The van der Waals surface area contributed by atoms with Crippen LogP contribution in [0, 0.1) is 5.82 Å². The molecule has 0 radical (unpaired) electrons. The molecule has 5 nitrogen and oxygen atoms in total. The van der Waals surface area contributed by atoms with Gasteiger partial charge in [-0.25, -0.2) is 17.5 Å². The molecule has 2 aromatic rings. The minimum Gasteiger partial charge on any atom is -0.497 e. The van der Waals surface area contributed by atoms with Gasteiger partial charge in [-0.2, -0.15) is 0 Å². The van der Waals surface area contributed by atoms with Crippen molar-refractivity contribution in [2.24, 2.45) is 0 Å². The number of hydrogen-bond acceptors (Lipinski definition) is 4. The highest BCUT2D eigenvalue weighted by molar-refractivity contribution is 7.89. The molecule has 3 rings (SSSR count). The van der Waals surface area contributed by atoms with Gasteiger partial charge in [0.15, 0.2) is 0 Å². The molecule has 0 spiro atoms. The number of rotatable bonds is 8. The zero-order valence-electron chi connectivity index (χ0n) is 16.0. The van der Waals surface area contributed by atoms with Crippen molar-refractivity contribution in [2.45, 2.75) is 24.7 Å². The molecule has 0 aliphatic carbocycles. The predicted octanol–water partition coefficient (Wildman–Crippen LogP) is 3.04. The van der Waals surface area contributed by atoms with E-state index in [9.17, 15) is 12.8 Å². The lowest BCUT2D eigenvalue weighted by Crippen LogP contribution is -2.45. The summed E-state index contributed by atoms with van der Waals surface area (Å²) < 4.78 is 51.8. The number of benzene rings is 2. The van der Waals surface area contributed by atoms with Gasteiger partial charge < -0.3 is 9.47 Å². The van der Waals surface area contributed by atoms with Gasteiger partial charge in [-0.3, -0.25) is 0 Å². The summed E-state index contributed by atoms with van der Waals surface area (Å²) in [7, 11) is -1.85. The molecule has 0 saturated carbocycles. The smallest absolute Gasteiger partial charge is 0.211 e. The highest BCUT2D eigenvalue weighted by Gasteiger charge is 2.35. The molecule has 0 amide bonds. The molecule has 152 valence electrons. The Hall–Kier alpha value is -1.96. The van der Waals surface area contributed by atoms with Crippen LogP contribution in [0.3, 0.4) is 0 Å². The van der Waals surface area contributed by atoms with Crippen molar-refractivity contribution in [1.82, 2.24) is 4.72 Å². The second kappa shape index (κ2) is 9.03. The lowest BCUT2D eigenvalue weighted by atomic mass is 9.74. The first kappa shape index (κ1) is 20.8. The van der Waals surface area contributed by atoms with Crippen molar-refractivity contribution in [1.29, 1.82) is 0 Å². The number of methoxy groups -OCH3 is 1. The van der Waals surface area contributed by atoms with Gasteiger partial charge in [0.2, 0.25) is 10.0 Å². The molecular formula is C21H26FNO4S. The molecule has 28 heavy (non-hydrogen) atoms. The first-order valence-electron chi connectivity index (χ1n) is 9.37. The van der Waals surface area contributed by atoms with Gasteiger partial charge in [0.05, 0.1) is 12.9 Å². The van der Waals surface area contributed by atoms with Crippen molar-refractivity contribution in [3.63, 3.8) is 0 Å². The van der Waals surface area contributed by atoms with Crippen LogP contribution >= 0.6 is 0 Å². The molecule has 1 heterocycles. The van der Waals surface area contributed by atoms with E-state index in [0.29, 0.717) is 32.5 Å². The summed E-state index contributed by atoms with van der Waals surface area (Å²) >= 11 is 0. The Kier molecular flexibility index (Phi) is 6.69. The molecule has 0 unspecified atom stereocenters. The Balaban J connectivity index is 1.65. The number of ether oxygens (including phenoxy) is 2. The molecule has 0 aromatic heterocycles. The Labute approximate surface area is 165 Å². The third kappa shape index (κ3) is 5.31. The SMILES string of the molecule is COc1ccc(CCS(=O)(=O)NCC2(c3ccc(F)cc3)CCOCC2)cc1. The van der Waals surface area contributed by atoms with Crippen LogP contribution in [0.5, 0.6) is 5.75 Å². The summed E-state index contributed by atoms with van der Waals surface area (Å²) in [6, 6.07) is 13.7. The molecule has 1 aliphatic rings. The third-order valence-electron chi connectivity index (χ3n) is 5.36. The first-order chi connectivity index (χ1) is 13.4. The molecule has 1 fully saturated rings. The largest absolute Gasteiger partial charge is 0.497 e. The second-order valence-electron chi connectivity index (χ2n) is 7.14. The first-order valence-corrected chi connectivity index (χ1v) is 11.0. The van der Waals surface area contributed by atoms with Gasteiger partial charge in [-0.15, -0.1) is 0 Å². The lowest BCUT2D eigenvalue weighted by Gasteiger charge is -2.38. The maximum absolute atomic E-state index is 13.3. The Morgan fingerprint density at radius 3 is 2.32 bits per heavy atom. The second-order valence-corrected chi connectivity index (χ2v) is 9.06. The van der Waals surface area contributed by atoms with Crippen LogP contribution in [-0.4, -0.2) is 41.0 Å². The van der Waals surface area contributed by atoms with Crippen LogP contribution in [0.15, 0.2) is 48.5 Å². The van der Waals surface area contributed by atoms with Gasteiger partial charge >= 0.3 is 0 Å². The van der Waals surface area contributed by atoms with Gasteiger partial charge in [0.1, 0.15) is 11.6 Å². The van der Waals surface area contributed by atoms with E-state index in [2.05, 4.69) is 4.72 Å². The molecule has 7 heteroatoms. The van der Waals surface area contributed by atoms with Gasteiger partial charge in [0.25, 0.3) is 0 Å². The molecular weight excluding hydrogens is 381 g/mol. The zero-order valence-corrected chi connectivity index (χ0v) is 16.8. The summed E-state index contributed by atoms with van der Waals surface area (Å²) in [6.45, 7) is 1.41. The maximum atomic E-state index is 13.3. The molecule has 1 aliphatic heterocycles. The number of aryl methyl sites for hydroxylation is 1. The third-order valence-corrected chi connectivity index (χ3v) is 6.68. The average Bonchev–Trinajstić information content (AvgIpc) is 2.72. The van der Waals surface area contributed by atoms with Crippen molar-refractivity contribution in [3.8, 4) is 5.75 Å². The van der Waals surface area contributed by atoms with Crippen LogP contribution in [0.1, 0.15) is 24.0 Å². The summed E-state index contributed by atoms with van der Waals surface area (Å²) in [5, 5.41) is 0. The van der Waals surface area contributed by atoms with E-state index in [1.54, 1.807) is 19.2 Å².